The highest BCUT2D eigenvalue weighted by Gasteiger charge is 2.18. The summed E-state index contributed by atoms with van der Waals surface area (Å²) in [6.45, 7) is 2.46. The monoisotopic (exact) mass is 254 g/mol. The maximum absolute atomic E-state index is 11.9. The van der Waals surface area contributed by atoms with Gasteiger partial charge in [-0.15, -0.1) is 0 Å². The third-order valence-corrected chi connectivity index (χ3v) is 4.45. The van der Waals surface area contributed by atoms with Crippen molar-refractivity contribution in [3.8, 4) is 0 Å². The molecule has 4 nitrogen and oxygen atoms in total. The number of rotatable bonds is 4. The van der Waals surface area contributed by atoms with E-state index in [1.165, 1.54) is 0 Å². The van der Waals surface area contributed by atoms with Crippen LogP contribution in [0.4, 0.5) is 0 Å². The van der Waals surface area contributed by atoms with Crippen LogP contribution in [0.15, 0.2) is 35.2 Å². The number of sulfonamides is 1. The van der Waals surface area contributed by atoms with Crippen LogP contribution in [-0.2, 0) is 10.0 Å². The minimum absolute atomic E-state index is 0.337. The normalized spacial score (nSPS) is 21.3. The zero-order valence-electron chi connectivity index (χ0n) is 9.72. The fourth-order valence-corrected chi connectivity index (χ4v) is 3.15. The maximum Gasteiger partial charge on any atom is 0.240 e. The van der Waals surface area contributed by atoms with Gasteiger partial charge in [-0.25, -0.2) is 13.1 Å². The van der Waals surface area contributed by atoms with Crippen molar-refractivity contribution >= 4 is 10.0 Å². The second kappa shape index (κ2) is 5.62. The van der Waals surface area contributed by atoms with Crippen LogP contribution in [0.5, 0.6) is 0 Å². The van der Waals surface area contributed by atoms with E-state index < -0.39 is 10.0 Å². The number of hydrogen-bond donors (Lipinski definition) is 2. The molecule has 1 saturated heterocycles. The lowest BCUT2D eigenvalue weighted by atomic mass is 10.0. The quantitative estimate of drug-likeness (QED) is 0.841. The molecule has 17 heavy (non-hydrogen) atoms. The third kappa shape index (κ3) is 3.52. The van der Waals surface area contributed by atoms with Gasteiger partial charge in [-0.05, 0) is 44.0 Å². The first-order valence-corrected chi connectivity index (χ1v) is 7.42. The molecular weight excluding hydrogens is 236 g/mol. The van der Waals surface area contributed by atoms with E-state index in [0.29, 0.717) is 17.4 Å². The van der Waals surface area contributed by atoms with Crippen molar-refractivity contribution in [2.45, 2.75) is 17.7 Å². The van der Waals surface area contributed by atoms with Gasteiger partial charge in [0.1, 0.15) is 0 Å². The molecule has 2 rings (SSSR count). The van der Waals surface area contributed by atoms with E-state index in [-0.39, 0.29) is 0 Å². The highest BCUT2D eigenvalue weighted by Crippen LogP contribution is 2.11. The molecule has 0 aromatic heterocycles. The van der Waals surface area contributed by atoms with Crippen LogP contribution in [0, 0.1) is 5.92 Å². The third-order valence-electron chi connectivity index (χ3n) is 3.01. The average Bonchev–Trinajstić information content (AvgIpc) is 2.39. The minimum atomic E-state index is -3.34. The first kappa shape index (κ1) is 12.5. The predicted molar refractivity (Wildman–Crippen MR) is 67.2 cm³/mol. The zero-order valence-corrected chi connectivity index (χ0v) is 10.5. The number of piperidine rings is 1. The Labute approximate surface area is 102 Å². The molecular formula is C12H18N2O2S. The summed E-state index contributed by atoms with van der Waals surface area (Å²) in [6, 6.07) is 8.50. The molecule has 0 bridgehead atoms. The Morgan fingerprint density at radius 2 is 2.06 bits per heavy atom. The van der Waals surface area contributed by atoms with E-state index in [2.05, 4.69) is 10.0 Å². The molecule has 2 N–H and O–H groups in total. The Morgan fingerprint density at radius 3 is 2.71 bits per heavy atom. The molecule has 1 aromatic rings. The van der Waals surface area contributed by atoms with E-state index in [0.717, 1.165) is 25.9 Å². The van der Waals surface area contributed by atoms with Crippen LogP contribution in [0.3, 0.4) is 0 Å². The van der Waals surface area contributed by atoms with Crippen molar-refractivity contribution in [1.29, 1.82) is 0 Å². The van der Waals surface area contributed by atoms with Gasteiger partial charge in [-0.1, -0.05) is 18.2 Å². The molecule has 0 radical (unpaired) electrons. The summed E-state index contributed by atoms with van der Waals surface area (Å²) >= 11 is 0. The van der Waals surface area contributed by atoms with Crippen LogP contribution in [0.2, 0.25) is 0 Å². The lowest BCUT2D eigenvalue weighted by molar-refractivity contribution is 0.376. The molecule has 1 aromatic carbocycles. The summed E-state index contributed by atoms with van der Waals surface area (Å²) in [5, 5.41) is 3.28. The molecule has 0 amide bonds. The van der Waals surface area contributed by atoms with Crippen LogP contribution in [0.1, 0.15) is 12.8 Å². The Balaban J connectivity index is 1.94. The van der Waals surface area contributed by atoms with Crippen molar-refractivity contribution in [1.82, 2.24) is 10.0 Å². The fourth-order valence-electron chi connectivity index (χ4n) is 2.01. The first-order valence-electron chi connectivity index (χ1n) is 5.94. The standard InChI is InChI=1S/C12H18N2O2S/c15-17(16,12-6-2-1-3-7-12)14-10-11-5-4-8-13-9-11/h1-3,6-7,11,13-14H,4-5,8-10H2. The van der Waals surface area contributed by atoms with Gasteiger partial charge in [-0.2, -0.15) is 0 Å². The summed E-state index contributed by atoms with van der Waals surface area (Å²) in [5.74, 6) is 0.405. The van der Waals surface area contributed by atoms with E-state index >= 15 is 0 Å². The second-order valence-corrected chi connectivity index (χ2v) is 6.14. The highest BCUT2D eigenvalue weighted by molar-refractivity contribution is 7.89. The van der Waals surface area contributed by atoms with Gasteiger partial charge in [0, 0.05) is 6.54 Å². The smallest absolute Gasteiger partial charge is 0.240 e. The largest absolute Gasteiger partial charge is 0.316 e. The molecule has 1 atom stereocenters. The van der Waals surface area contributed by atoms with Gasteiger partial charge in [0.2, 0.25) is 10.0 Å². The molecule has 5 heteroatoms. The van der Waals surface area contributed by atoms with E-state index in [1.54, 1.807) is 24.3 Å². The molecule has 0 aliphatic carbocycles. The second-order valence-electron chi connectivity index (χ2n) is 4.38. The summed E-state index contributed by atoms with van der Waals surface area (Å²) in [4.78, 5) is 0.337. The molecule has 1 aliphatic heterocycles. The average molecular weight is 254 g/mol. The molecule has 94 valence electrons. The van der Waals surface area contributed by atoms with E-state index in [4.69, 9.17) is 0 Å². The molecule has 1 fully saturated rings. The lowest BCUT2D eigenvalue weighted by Crippen LogP contribution is -2.38. The van der Waals surface area contributed by atoms with E-state index in [9.17, 15) is 8.42 Å². The Hall–Kier alpha value is -0.910. The zero-order chi connectivity index (χ0) is 12.1. The number of nitrogens with one attached hydrogen (secondary N) is 2. The topological polar surface area (TPSA) is 58.2 Å². The highest BCUT2D eigenvalue weighted by atomic mass is 32.2. The summed E-state index contributed by atoms with van der Waals surface area (Å²) < 4.78 is 26.6. The number of benzene rings is 1. The molecule has 0 spiro atoms. The van der Waals surface area contributed by atoms with Gasteiger partial charge in [0.25, 0.3) is 0 Å². The van der Waals surface area contributed by atoms with Gasteiger partial charge < -0.3 is 5.32 Å². The molecule has 1 heterocycles. The van der Waals surface area contributed by atoms with Crippen molar-refractivity contribution in [3.63, 3.8) is 0 Å². The first-order chi connectivity index (χ1) is 8.18. The Kier molecular flexibility index (Phi) is 4.15. The van der Waals surface area contributed by atoms with Crippen LogP contribution in [-0.4, -0.2) is 28.1 Å². The molecule has 1 unspecified atom stereocenters. The maximum atomic E-state index is 11.9. The van der Waals surface area contributed by atoms with Crippen molar-refractivity contribution in [3.05, 3.63) is 30.3 Å². The summed E-state index contributed by atoms with van der Waals surface area (Å²) in [7, 11) is -3.34. The van der Waals surface area contributed by atoms with Gasteiger partial charge in [0.05, 0.1) is 4.90 Å². The van der Waals surface area contributed by atoms with Gasteiger partial charge in [0.15, 0.2) is 0 Å². The van der Waals surface area contributed by atoms with Crippen LogP contribution in [0.25, 0.3) is 0 Å². The van der Waals surface area contributed by atoms with E-state index in [1.807, 2.05) is 6.07 Å². The summed E-state index contributed by atoms with van der Waals surface area (Å²) in [6.07, 6.45) is 2.21. The van der Waals surface area contributed by atoms with Crippen molar-refractivity contribution in [2.24, 2.45) is 5.92 Å². The van der Waals surface area contributed by atoms with Crippen LogP contribution < -0.4 is 10.0 Å². The molecule has 1 aliphatic rings. The molecule has 0 saturated carbocycles. The summed E-state index contributed by atoms with van der Waals surface area (Å²) in [5.41, 5.74) is 0. The number of hydrogen-bond acceptors (Lipinski definition) is 3. The SMILES string of the molecule is O=S(=O)(NCC1CCCNC1)c1ccccc1. The lowest BCUT2D eigenvalue weighted by Gasteiger charge is -2.22. The van der Waals surface area contributed by atoms with Gasteiger partial charge >= 0.3 is 0 Å². The Bertz CT molecular complexity index is 439. The fraction of sp³-hybridized carbons (Fsp3) is 0.500. The minimum Gasteiger partial charge on any atom is -0.316 e. The van der Waals surface area contributed by atoms with Crippen molar-refractivity contribution < 1.29 is 8.42 Å². The Morgan fingerprint density at radius 1 is 1.29 bits per heavy atom. The van der Waals surface area contributed by atoms with Crippen molar-refractivity contribution in [2.75, 3.05) is 19.6 Å². The van der Waals surface area contributed by atoms with Crippen LogP contribution >= 0.6 is 0 Å². The van der Waals surface area contributed by atoms with Gasteiger partial charge in [-0.3, -0.25) is 0 Å². The predicted octanol–water partition coefficient (Wildman–Crippen LogP) is 0.964.